The molecule has 2 aromatic carbocycles. The zero-order chi connectivity index (χ0) is 20.1. The maximum Gasteiger partial charge on any atom is 0.226 e. The molecule has 0 bridgehead atoms. The second-order valence-electron chi connectivity index (χ2n) is 7.92. The molecule has 1 aliphatic rings. The standard InChI is InChI=1S/C25H27FN2O/c26-23-14-12-21(13-15-23)17-27-16-6-11-24(27)19-28(18-20-7-2-1-3-8-20)25(29)22-9-4-5-10-22/h1-3,6-8,11-16,22H,4-5,9-10,17-19H2. The fraction of sp³-hybridized carbons (Fsp3) is 0.320. The van der Waals surface area contributed by atoms with E-state index in [0.29, 0.717) is 19.6 Å². The molecule has 3 nitrogen and oxygen atoms in total. The van der Waals surface area contributed by atoms with E-state index in [1.165, 1.54) is 12.1 Å². The van der Waals surface area contributed by atoms with Gasteiger partial charge in [0.2, 0.25) is 5.91 Å². The van der Waals surface area contributed by atoms with Gasteiger partial charge in [0.1, 0.15) is 5.82 Å². The Morgan fingerprint density at radius 2 is 1.62 bits per heavy atom. The van der Waals surface area contributed by atoms with Crippen molar-refractivity contribution in [3.63, 3.8) is 0 Å². The van der Waals surface area contributed by atoms with Crippen LogP contribution in [0.25, 0.3) is 0 Å². The molecule has 29 heavy (non-hydrogen) atoms. The molecule has 3 aromatic rings. The number of carbonyl (C=O) groups is 1. The highest BCUT2D eigenvalue weighted by atomic mass is 19.1. The van der Waals surface area contributed by atoms with Gasteiger partial charge in [-0.1, -0.05) is 55.3 Å². The van der Waals surface area contributed by atoms with E-state index in [-0.39, 0.29) is 17.6 Å². The molecule has 0 aliphatic heterocycles. The third-order valence-electron chi connectivity index (χ3n) is 5.77. The lowest BCUT2D eigenvalue weighted by Gasteiger charge is -2.26. The van der Waals surface area contributed by atoms with Gasteiger partial charge in [0.05, 0.1) is 6.54 Å². The number of hydrogen-bond donors (Lipinski definition) is 0. The highest BCUT2D eigenvalue weighted by Crippen LogP contribution is 2.28. The van der Waals surface area contributed by atoms with Crippen molar-refractivity contribution < 1.29 is 9.18 Å². The van der Waals surface area contributed by atoms with E-state index in [9.17, 15) is 9.18 Å². The summed E-state index contributed by atoms with van der Waals surface area (Å²) in [5, 5.41) is 0. The zero-order valence-corrected chi connectivity index (χ0v) is 16.6. The van der Waals surface area contributed by atoms with Crippen LogP contribution in [0.4, 0.5) is 4.39 Å². The molecule has 1 aliphatic carbocycles. The number of aromatic nitrogens is 1. The van der Waals surface area contributed by atoms with Gasteiger partial charge in [-0.3, -0.25) is 4.79 Å². The van der Waals surface area contributed by atoms with Gasteiger partial charge in [-0.05, 0) is 48.2 Å². The molecular weight excluding hydrogens is 363 g/mol. The minimum absolute atomic E-state index is 0.152. The first kappa shape index (κ1) is 19.4. The first-order chi connectivity index (χ1) is 14.2. The van der Waals surface area contributed by atoms with Crippen molar-refractivity contribution in [2.24, 2.45) is 5.92 Å². The highest BCUT2D eigenvalue weighted by molar-refractivity contribution is 5.79. The SMILES string of the molecule is O=C(C1CCCC1)N(Cc1ccccc1)Cc1cccn1Cc1ccc(F)cc1. The summed E-state index contributed by atoms with van der Waals surface area (Å²) in [4.78, 5) is 15.3. The van der Waals surface area contributed by atoms with Gasteiger partial charge in [-0.15, -0.1) is 0 Å². The van der Waals surface area contributed by atoms with Crippen molar-refractivity contribution in [2.45, 2.75) is 45.3 Å². The van der Waals surface area contributed by atoms with Gasteiger partial charge >= 0.3 is 0 Å². The molecule has 4 heteroatoms. The maximum absolute atomic E-state index is 13.3. The van der Waals surface area contributed by atoms with Crippen molar-refractivity contribution in [2.75, 3.05) is 0 Å². The summed E-state index contributed by atoms with van der Waals surface area (Å²) in [5.41, 5.74) is 3.28. The van der Waals surface area contributed by atoms with Crippen LogP contribution in [0.2, 0.25) is 0 Å². The lowest BCUT2D eigenvalue weighted by Crippen LogP contribution is -2.35. The van der Waals surface area contributed by atoms with E-state index in [1.54, 1.807) is 0 Å². The van der Waals surface area contributed by atoms with Crippen LogP contribution in [0.5, 0.6) is 0 Å². The first-order valence-electron chi connectivity index (χ1n) is 10.4. The van der Waals surface area contributed by atoms with E-state index in [2.05, 4.69) is 22.8 Å². The summed E-state index contributed by atoms with van der Waals surface area (Å²) in [6.07, 6.45) is 6.33. The number of rotatable bonds is 7. The van der Waals surface area contributed by atoms with Crippen LogP contribution in [0.1, 0.15) is 42.5 Å². The molecule has 1 amide bonds. The molecule has 0 atom stereocenters. The quantitative estimate of drug-likeness (QED) is 0.531. The van der Waals surface area contributed by atoms with Crippen molar-refractivity contribution in [1.29, 1.82) is 0 Å². The Hall–Kier alpha value is -2.88. The third kappa shape index (κ3) is 4.94. The van der Waals surface area contributed by atoms with Crippen LogP contribution in [0.3, 0.4) is 0 Å². The number of carbonyl (C=O) groups excluding carboxylic acids is 1. The Morgan fingerprint density at radius 3 is 2.34 bits per heavy atom. The Bertz CT molecular complexity index is 927. The van der Waals surface area contributed by atoms with Gasteiger partial charge in [0.25, 0.3) is 0 Å². The van der Waals surface area contributed by atoms with Crippen molar-refractivity contribution in [1.82, 2.24) is 9.47 Å². The Labute approximate surface area is 171 Å². The summed E-state index contributed by atoms with van der Waals surface area (Å²) >= 11 is 0. The molecule has 1 saturated carbocycles. The van der Waals surface area contributed by atoms with Gasteiger partial charge < -0.3 is 9.47 Å². The average molecular weight is 391 g/mol. The Balaban J connectivity index is 1.53. The minimum Gasteiger partial charge on any atom is -0.345 e. The third-order valence-corrected chi connectivity index (χ3v) is 5.77. The number of hydrogen-bond acceptors (Lipinski definition) is 1. The normalized spacial score (nSPS) is 14.2. The van der Waals surface area contributed by atoms with Crippen LogP contribution >= 0.6 is 0 Å². The van der Waals surface area contributed by atoms with Gasteiger partial charge in [0.15, 0.2) is 0 Å². The monoisotopic (exact) mass is 390 g/mol. The van der Waals surface area contributed by atoms with Crippen molar-refractivity contribution in [3.05, 3.63) is 95.6 Å². The molecule has 0 unspecified atom stereocenters. The van der Waals surface area contributed by atoms with Gasteiger partial charge in [-0.25, -0.2) is 4.39 Å². The van der Waals surface area contributed by atoms with Crippen LogP contribution in [0.15, 0.2) is 72.9 Å². The summed E-state index contributed by atoms with van der Waals surface area (Å²) in [5.74, 6) is 0.192. The van der Waals surface area contributed by atoms with E-state index >= 15 is 0 Å². The number of halogens is 1. The number of amides is 1. The molecule has 0 spiro atoms. The second-order valence-corrected chi connectivity index (χ2v) is 7.92. The van der Waals surface area contributed by atoms with Crippen molar-refractivity contribution >= 4 is 5.91 Å². The van der Waals surface area contributed by atoms with E-state index in [1.807, 2.05) is 47.5 Å². The molecule has 4 rings (SSSR count). The van der Waals surface area contributed by atoms with Gasteiger partial charge in [-0.2, -0.15) is 0 Å². The molecule has 1 fully saturated rings. The van der Waals surface area contributed by atoms with Gasteiger partial charge in [0, 0.05) is 30.9 Å². The van der Waals surface area contributed by atoms with Crippen LogP contribution in [0, 0.1) is 11.7 Å². The lowest BCUT2D eigenvalue weighted by atomic mass is 10.1. The summed E-state index contributed by atoms with van der Waals surface area (Å²) in [6, 6.07) is 20.9. The predicted molar refractivity (Wildman–Crippen MR) is 113 cm³/mol. The first-order valence-corrected chi connectivity index (χ1v) is 10.4. The smallest absolute Gasteiger partial charge is 0.226 e. The summed E-state index contributed by atoms with van der Waals surface area (Å²) in [6.45, 7) is 1.87. The fourth-order valence-corrected chi connectivity index (χ4v) is 4.18. The van der Waals surface area contributed by atoms with E-state index < -0.39 is 0 Å². The average Bonchev–Trinajstić information content (AvgIpc) is 3.42. The van der Waals surface area contributed by atoms with E-state index in [0.717, 1.165) is 42.5 Å². The van der Waals surface area contributed by atoms with Crippen LogP contribution < -0.4 is 0 Å². The molecule has 150 valence electrons. The molecule has 1 aromatic heterocycles. The molecule has 1 heterocycles. The molecule has 0 N–H and O–H groups in total. The minimum atomic E-state index is -0.224. The Morgan fingerprint density at radius 1 is 0.897 bits per heavy atom. The predicted octanol–water partition coefficient (Wildman–Crippen LogP) is 5.39. The van der Waals surface area contributed by atoms with Crippen LogP contribution in [-0.2, 0) is 24.4 Å². The zero-order valence-electron chi connectivity index (χ0n) is 16.6. The largest absolute Gasteiger partial charge is 0.345 e. The fourth-order valence-electron chi connectivity index (χ4n) is 4.18. The topological polar surface area (TPSA) is 25.2 Å². The van der Waals surface area contributed by atoms with Crippen molar-refractivity contribution in [3.8, 4) is 0 Å². The van der Waals surface area contributed by atoms with E-state index in [4.69, 9.17) is 0 Å². The highest BCUT2D eigenvalue weighted by Gasteiger charge is 2.27. The summed E-state index contributed by atoms with van der Waals surface area (Å²) in [7, 11) is 0. The molecular formula is C25H27FN2O. The lowest BCUT2D eigenvalue weighted by molar-refractivity contribution is -0.136. The summed E-state index contributed by atoms with van der Waals surface area (Å²) < 4.78 is 15.4. The second kappa shape index (κ2) is 9.08. The van der Waals surface area contributed by atoms with Crippen LogP contribution in [-0.4, -0.2) is 15.4 Å². The molecule has 0 saturated heterocycles. The number of benzene rings is 2. The molecule has 0 radical (unpaired) electrons. The number of nitrogens with zero attached hydrogens (tertiary/aromatic N) is 2. The Kier molecular flexibility index (Phi) is 6.09. The maximum atomic E-state index is 13.3.